The summed E-state index contributed by atoms with van der Waals surface area (Å²) in [4.78, 5) is 0. The maximum absolute atomic E-state index is 9.51. The average molecular weight is 259 g/mol. The Morgan fingerprint density at radius 1 is 1.41 bits per heavy atom. The summed E-state index contributed by atoms with van der Waals surface area (Å²) in [5.41, 5.74) is 1.98. The Bertz CT molecular complexity index is 380. The molecule has 0 bridgehead atoms. The molecule has 4 heteroatoms. The summed E-state index contributed by atoms with van der Waals surface area (Å²) in [6.45, 7) is 11.4. The Labute approximate surface area is 109 Å². The summed E-state index contributed by atoms with van der Waals surface area (Å²) in [6, 6.07) is 0. The third-order valence-corrected chi connectivity index (χ3v) is 3.83. The lowest BCUT2D eigenvalue weighted by Gasteiger charge is -2.29. The summed E-state index contributed by atoms with van der Waals surface area (Å²) in [7, 11) is 0. The molecule has 3 nitrogen and oxygen atoms in total. The highest BCUT2D eigenvalue weighted by Gasteiger charge is 2.27. The third-order valence-electron chi connectivity index (χ3n) is 3.34. The Kier molecular flexibility index (Phi) is 4.62. The fourth-order valence-electron chi connectivity index (χ4n) is 1.94. The summed E-state index contributed by atoms with van der Waals surface area (Å²) in [5.74, 6) is 0.196. The van der Waals surface area contributed by atoms with Crippen molar-refractivity contribution in [3.63, 3.8) is 0 Å². The molecule has 1 N–H and O–H groups in total. The summed E-state index contributed by atoms with van der Waals surface area (Å²) < 4.78 is 1.94. The van der Waals surface area contributed by atoms with Gasteiger partial charge in [-0.05, 0) is 31.6 Å². The van der Waals surface area contributed by atoms with Gasteiger partial charge in [-0.15, -0.1) is 0 Å². The standard InChI is InChI=1S/C13H23ClN2O/c1-6-16-11(12(14)9(2)15-16)7-10(8-17)13(3,4)5/h10,17H,6-8H2,1-5H3. The first kappa shape index (κ1) is 14.5. The van der Waals surface area contributed by atoms with E-state index < -0.39 is 0 Å². The molecule has 0 spiro atoms. The van der Waals surface area contributed by atoms with Crippen molar-refractivity contribution < 1.29 is 5.11 Å². The van der Waals surface area contributed by atoms with Crippen molar-refractivity contribution in [1.29, 1.82) is 0 Å². The van der Waals surface area contributed by atoms with Gasteiger partial charge < -0.3 is 5.11 Å². The Balaban J connectivity index is 3.01. The van der Waals surface area contributed by atoms with E-state index in [4.69, 9.17) is 11.6 Å². The monoisotopic (exact) mass is 258 g/mol. The number of nitrogens with zero attached hydrogens (tertiary/aromatic N) is 2. The summed E-state index contributed by atoms with van der Waals surface area (Å²) >= 11 is 6.28. The van der Waals surface area contributed by atoms with Crippen molar-refractivity contribution in [3.8, 4) is 0 Å². The fourth-order valence-corrected chi connectivity index (χ4v) is 2.15. The molecule has 0 aliphatic carbocycles. The number of hydrogen-bond donors (Lipinski definition) is 1. The Hall–Kier alpha value is -0.540. The van der Waals surface area contributed by atoms with Crippen LogP contribution in [0.3, 0.4) is 0 Å². The van der Waals surface area contributed by atoms with Crippen molar-refractivity contribution in [1.82, 2.24) is 9.78 Å². The molecule has 98 valence electrons. The molecule has 0 aliphatic rings. The Morgan fingerprint density at radius 2 is 2.00 bits per heavy atom. The van der Waals surface area contributed by atoms with E-state index in [2.05, 4.69) is 32.8 Å². The van der Waals surface area contributed by atoms with Crippen LogP contribution < -0.4 is 0 Å². The van der Waals surface area contributed by atoms with Gasteiger partial charge in [0.2, 0.25) is 0 Å². The van der Waals surface area contributed by atoms with Gasteiger partial charge in [0.25, 0.3) is 0 Å². The molecule has 1 atom stereocenters. The first-order valence-corrected chi connectivity index (χ1v) is 6.51. The van der Waals surface area contributed by atoms with E-state index in [0.717, 1.165) is 29.4 Å². The van der Waals surface area contributed by atoms with Crippen molar-refractivity contribution >= 4 is 11.6 Å². The van der Waals surface area contributed by atoms with E-state index in [1.54, 1.807) is 0 Å². The van der Waals surface area contributed by atoms with Crippen molar-refractivity contribution in [2.45, 2.75) is 47.6 Å². The molecule has 1 unspecified atom stereocenters. The molecule has 0 aromatic carbocycles. The first-order chi connectivity index (χ1) is 7.81. The highest BCUT2D eigenvalue weighted by atomic mass is 35.5. The van der Waals surface area contributed by atoms with E-state index in [1.165, 1.54) is 0 Å². The first-order valence-electron chi connectivity index (χ1n) is 6.13. The molecule has 0 saturated carbocycles. The van der Waals surface area contributed by atoms with Crippen LogP contribution in [-0.2, 0) is 13.0 Å². The van der Waals surface area contributed by atoms with Gasteiger partial charge in [0.15, 0.2) is 0 Å². The van der Waals surface area contributed by atoms with E-state index in [0.29, 0.717) is 0 Å². The molecule has 1 heterocycles. The molecule has 1 rings (SSSR count). The second kappa shape index (κ2) is 5.40. The van der Waals surface area contributed by atoms with Crippen LogP contribution in [0.15, 0.2) is 0 Å². The van der Waals surface area contributed by atoms with Gasteiger partial charge in [0, 0.05) is 13.2 Å². The second-order valence-electron chi connectivity index (χ2n) is 5.61. The van der Waals surface area contributed by atoms with E-state index in [1.807, 2.05) is 11.6 Å². The van der Waals surface area contributed by atoms with E-state index in [-0.39, 0.29) is 17.9 Å². The normalized spacial score (nSPS) is 14.1. The van der Waals surface area contributed by atoms with Crippen LogP contribution in [0.2, 0.25) is 5.02 Å². The largest absolute Gasteiger partial charge is 0.396 e. The van der Waals surface area contributed by atoms with E-state index >= 15 is 0 Å². The van der Waals surface area contributed by atoms with Gasteiger partial charge in [-0.25, -0.2) is 0 Å². The molecule has 1 aromatic heterocycles. The second-order valence-corrected chi connectivity index (χ2v) is 5.99. The topological polar surface area (TPSA) is 38.0 Å². The molecule has 0 aliphatic heterocycles. The minimum Gasteiger partial charge on any atom is -0.396 e. The predicted octanol–water partition coefficient (Wildman–Crippen LogP) is 3.06. The van der Waals surface area contributed by atoms with E-state index in [9.17, 15) is 5.11 Å². The maximum atomic E-state index is 9.51. The van der Waals surface area contributed by atoms with Crippen LogP contribution in [0.5, 0.6) is 0 Å². The van der Waals surface area contributed by atoms with Gasteiger partial charge in [0.1, 0.15) is 0 Å². The van der Waals surface area contributed by atoms with Crippen LogP contribution >= 0.6 is 11.6 Å². The van der Waals surface area contributed by atoms with Crippen LogP contribution in [0, 0.1) is 18.3 Å². The SMILES string of the molecule is CCn1nc(C)c(Cl)c1CC(CO)C(C)(C)C. The smallest absolute Gasteiger partial charge is 0.0847 e. The number of aliphatic hydroxyl groups is 1. The number of aromatic nitrogens is 2. The zero-order valence-electron chi connectivity index (χ0n) is 11.4. The predicted molar refractivity (Wildman–Crippen MR) is 71.4 cm³/mol. The number of aryl methyl sites for hydroxylation is 2. The minimum absolute atomic E-state index is 0.0643. The van der Waals surface area contributed by atoms with Gasteiger partial charge in [-0.3, -0.25) is 4.68 Å². The van der Waals surface area contributed by atoms with Gasteiger partial charge in [-0.2, -0.15) is 5.10 Å². The molecule has 0 radical (unpaired) electrons. The minimum atomic E-state index is 0.0643. The Morgan fingerprint density at radius 3 is 2.41 bits per heavy atom. The highest BCUT2D eigenvalue weighted by Crippen LogP contribution is 2.31. The van der Waals surface area contributed by atoms with Crippen LogP contribution in [0.1, 0.15) is 39.1 Å². The van der Waals surface area contributed by atoms with Crippen molar-refractivity contribution in [2.24, 2.45) is 11.3 Å². The number of rotatable bonds is 4. The van der Waals surface area contributed by atoms with Gasteiger partial charge in [0.05, 0.1) is 16.4 Å². The maximum Gasteiger partial charge on any atom is 0.0847 e. The molecular formula is C13H23ClN2O. The van der Waals surface area contributed by atoms with Gasteiger partial charge >= 0.3 is 0 Å². The molecule has 0 fully saturated rings. The summed E-state index contributed by atoms with van der Waals surface area (Å²) in [6.07, 6.45) is 0.771. The van der Waals surface area contributed by atoms with Crippen LogP contribution in [0.25, 0.3) is 0 Å². The quantitative estimate of drug-likeness (QED) is 0.901. The molecule has 17 heavy (non-hydrogen) atoms. The highest BCUT2D eigenvalue weighted by molar-refractivity contribution is 6.31. The van der Waals surface area contributed by atoms with Crippen molar-refractivity contribution in [3.05, 3.63) is 16.4 Å². The van der Waals surface area contributed by atoms with Crippen LogP contribution in [0.4, 0.5) is 0 Å². The van der Waals surface area contributed by atoms with Crippen LogP contribution in [-0.4, -0.2) is 21.5 Å². The fraction of sp³-hybridized carbons (Fsp3) is 0.769. The lowest BCUT2D eigenvalue weighted by Crippen LogP contribution is -2.27. The number of hydrogen-bond acceptors (Lipinski definition) is 2. The molecule has 0 saturated heterocycles. The van der Waals surface area contributed by atoms with Gasteiger partial charge in [-0.1, -0.05) is 32.4 Å². The lowest BCUT2D eigenvalue weighted by molar-refractivity contribution is 0.129. The zero-order valence-corrected chi connectivity index (χ0v) is 12.2. The zero-order chi connectivity index (χ0) is 13.2. The lowest BCUT2D eigenvalue weighted by atomic mass is 9.78. The summed E-state index contributed by atoms with van der Waals surface area (Å²) in [5, 5.41) is 14.7. The third kappa shape index (κ3) is 3.23. The molecular weight excluding hydrogens is 236 g/mol. The number of halogens is 1. The average Bonchev–Trinajstić information content (AvgIpc) is 2.50. The van der Waals surface area contributed by atoms with Crippen molar-refractivity contribution in [2.75, 3.05) is 6.61 Å². The molecule has 0 amide bonds. The molecule has 1 aromatic rings. The number of aliphatic hydroxyl groups excluding tert-OH is 1.